The first kappa shape index (κ1) is 29.0. The lowest BCUT2D eigenvalue weighted by atomic mass is 9.75. The van der Waals surface area contributed by atoms with Crippen LogP contribution in [0.25, 0.3) is 21.8 Å². The van der Waals surface area contributed by atoms with Crippen LogP contribution in [0.5, 0.6) is 0 Å². The van der Waals surface area contributed by atoms with Gasteiger partial charge >= 0.3 is 0 Å². The fourth-order valence-electron chi connectivity index (χ4n) is 10.8. The summed E-state index contributed by atoms with van der Waals surface area (Å²) in [5, 5.41) is 2.82. The van der Waals surface area contributed by atoms with E-state index in [-0.39, 0.29) is 11.4 Å². The van der Waals surface area contributed by atoms with Crippen molar-refractivity contribution >= 4 is 21.8 Å². The maximum absolute atomic E-state index is 6.35. The smallest absolute Gasteiger partial charge is 0.122 e. The molecule has 6 heteroatoms. The Balaban J connectivity index is 0.000000127. The molecule has 4 saturated heterocycles. The standard InChI is InChI=1S/2C20H24N2O/c2*1-3-13-12-23-20(2)16(13)8-9-18-19-15(10-11-22(18)20)14-6-4-5-7-17(14)21-19/h2*3-7,13,16,18,21H,1,8-12H2,2H3/t2*13-,16-,18+,20+/m10/s1. The Morgan fingerprint density at radius 3 is 1.54 bits per heavy atom. The van der Waals surface area contributed by atoms with Crippen molar-refractivity contribution in [1.82, 2.24) is 19.8 Å². The third-order valence-corrected chi connectivity index (χ3v) is 13.1. The van der Waals surface area contributed by atoms with Gasteiger partial charge in [0.15, 0.2) is 0 Å². The lowest BCUT2D eigenvalue weighted by Gasteiger charge is -2.52. The van der Waals surface area contributed by atoms with E-state index in [1.165, 1.54) is 70.0 Å². The number of ether oxygens (including phenoxy) is 2. The van der Waals surface area contributed by atoms with Crippen LogP contribution in [0.4, 0.5) is 0 Å². The molecule has 0 aliphatic carbocycles. The van der Waals surface area contributed by atoms with E-state index >= 15 is 0 Å². The van der Waals surface area contributed by atoms with Gasteiger partial charge < -0.3 is 19.4 Å². The van der Waals surface area contributed by atoms with E-state index in [1.54, 1.807) is 0 Å². The van der Waals surface area contributed by atoms with Crippen molar-refractivity contribution in [1.29, 1.82) is 0 Å². The van der Waals surface area contributed by atoms with Crippen LogP contribution in [0.2, 0.25) is 0 Å². The van der Waals surface area contributed by atoms with Gasteiger partial charge in [0.1, 0.15) is 11.4 Å². The number of para-hydroxylation sites is 2. The van der Waals surface area contributed by atoms with Crippen LogP contribution in [0, 0.1) is 23.7 Å². The van der Waals surface area contributed by atoms with E-state index in [9.17, 15) is 0 Å². The molecule has 4 aromatic rings. The molecule has 0 radical (unpaired) electrons. The quantitative estimate of drug-likeness (QED) is 0.224. The normalized spacial score (nSPS) is 36.5. The molecule has 6 aliphatic rings. The lowest BCUT2D eigenvalue weighted by molar-refractivity contribution is -0.176. The van der Waals surface area contributed by atoms with Gasteiger partial charge in [-0.25, -0.2) is 0 Å². The summed E-state index contributed by atoms with van der Waals surface area (Å²) in [5.41, 5.74) is 8.23. The topological polar surface area (TPSA) is 56.5 Å². The first-order chi connectivity index (χ1) is 22.4. The van der Waals surface area contributed by atoms with Crippen molar-refractivity contribution in [3.05, 3.63) is 96.4 Å². The van der Waals surface area contributed by atoms with E-state index in [1.807, 2.05) is 0 Å². The molecule has 240 valence electrons. The summed E-state index contributed by atoms with van der Waals surface area (Å²) in [6.45, 7) is 16.5. The fraction of sp³-hybridized carbons (Fsp3) is 0.500. The maximum atomic E-state index is 6.35. The molecule has 0 bridgehead atoms. The zero-order chi connectivity index (χ0) is 31.2. The van der Waals surface area contributed by atoms with Crippen molar-refractivity contribution in [2.45, 2.75) is 75.9 Å². The Morgan fingerprint density at radius 2 is 1.11 bits per heavy atom. The average molecular weight is 617 g/mol. The van der Waals surface area contributed by atoms with Crippen molar-refractivity contribution in [2.24, 2.45) is 23.7 Å². The molecule has 8 atom stereocenters. The number of benzene rings is 2. The van der Waals surface area contributed by atoms with Gasteiger partial charge in [0.2, 0.25) is 0 Å². The molecule has 0 saturated carbocycles. The molecule has 6 aliphatic heterocycles. The lowest BCUT2D eigenvalue weighted by Crippen LogP contribution is -2.57. The van der Waals surface area contributed by atoms with Crippen LogP contribution in [0.15, 0.2) is 73.8 Å². The maximum Gasteiger partial charge on any atom is 0.122 e. The number of nitrogens with zero attached hydrogens (tertiary/aromatic N) is 2. The van der Waals surface area contributed by atoms with Crippen LogP contribution in [0.1, 0.15) is 74.1 Å². The van der Waals surface area contributed by atoms with E-state index < -0.39 is 0 Å². The molecule has 2 aromatic heterocycles. The number of fused-ring (bicyclic) bond motifs is 14. The molecular formula is C40H48N4O2. The molecule has 46 heavy (non-hydrogen) atoms. The molecule has 0 amide bonds. The van der Waals surface area contributed by atoms with Gasteiger partial charge in [-0.3, -0.25) is 9.80 Å². The molecule has 2 aromatic carbocycles. The first-order valence-electron chi connectivity index (χ1n) is 17.7. The summed E-state index contributed by atoms with van der Waals surface area (Å²) in [6, 6.07) is 18.4. The number of nitrogens with one attached hydrogen (secondary N) is 2. The number of aromatic nitrogens is 2. The van der Waals surface area contributed by atoms with E-state index in [0.717, 1.165) is 39.1 Å². The number of aromatic amines is 2. The van der Waals surface area contributed by atoms with Gasteiger partial charge in [-0.05, 0) is 75.6 Å². The SMILES string of the molecule is C=C[C@@H]1CO[C@@]2(C)[C@@H]1CC[C@H]1c3[nH]c4ccccc4c3CCN12.C=C[C@H]1CO[C@]2(C)[C@H]1CC[C@@H]1c3[nH]c4ccccc4c3CCN12. The van der Waals surface area contributed by atoms with E-state index in [2.05, 4.69) is 107 Å². The molecule has 6 nitrogen and oxygen atoms in total. The highest BCUT2D eigenvalue weighted by atomic mass is 16.5. The van der Waals surface area contributed by atoms with Crippen LogP contribution in [0.3, 0.4) is 0 Å². The summed E-state index contributed by atoms with van der Waals surface area (Å²) >= 11 is 0. The Hall–Kier alpha value is -3.16. The molecule has 0 spiro atoms. The highest BCUT2D eigenvalue weighted by Gasteiger charge is 2.56. The third-order valence-electron chi connectivity index (χ3n) is 13.1. The molecular weight excluding hydrogens is 568 g/mol. The van der Waals surface area contributed by atoms with Gasteiger partial charge in [-0.2, -0.15) is 0 Å². The summed E-state index contributed by atoms with van der Waals surface area (Å²) in [4.78, 5) is 12.7. The second kappa shape index (κ2) is 10.7. The summed E-state index contributed by atoms with van der Waals surface area (Å²) in [7, 11) is 0. The van der Waals surface area contributed by atoms with Crippen LogP contribution < -0.4 is 0 Å². The van der Waals surface area contributed by atoms with Crippen molar-refractivity contribution < 1.29 is 9.47 Å². The van der Waals surface area contributed by atoms with Crippen molar-refractivity contribution in [2.75, 3.05) is 26.3 Å². The molecule has 8 heterocycles. The number of rotatable bonds is 2. The summed E-state index contributed by atoms with van der Waals surface area (Å²) < 4.78 is 12.7. The molecule has 0 unspecified atom stereocenters. The molecule has 2 N–H and O–H groups in total. The van der Waals surface area contributed by atoms with Crippen molar-refractivity contribution in [3.63, 3.8) is 0 Å². The molecule has 10 rings (SSSR count). The minimum atomic E-state index is -0.128. The van der Waals surface area contributed by atoms with Crippen LogP contribution in [-0.2, 0) is 22.3 Å². The Bertz CT molecular complexity index is 1690. The fourth-order valence-corrected chi connectivity index (χ4v) is 10.8. The zero-order valence-electron chi connectivity index (χ0n) is 27.4. The first-order valence-corrected chi connectivity index (χ1v) is 17.7. The Morgan fingerprint density at radius 1 is 0.674 bits per heavy atom. The van der Waals surface area contributed by atoms with E-state index in [0.29, 0.717) is 35.8 Å². The summed E-state index contributed by atoms with van der Waals surface area (Å²) in [6.07, 6.45) is 11.3. The average Bonchev–Trinajstić information content (AvgIpc) is 3.84. The van der Waals surface area contributed by atoms with Gasteiger partial charge in [0, 0.05) is 70.0 Å². The van der Waals surface area contributed by atoms with Gasteiger partial charge in [-0.15, -0.1) is 13.2 Å². The van der Waals surface area contributed by atoms with Gasteiger partial charge in [0.05, 0.1) is 25.3 Å². The van der Waals surface area contributed by atoms with Gasteiger partial charge in [0.25, 0.3) is 0 Å². The number of piperidine rings is 2. The van der Waals surface area contributed by atoms with Crippen LogP contribution in [-0.4, -0.2) is 57.5 Å². The van der Waals surface area contributed by atoms with Crippen molar-refractivity contribution in [3.8, 4) is 0 Å². The largest absolute Gasteiger partial charge is 0.360 e. The van der Waals surface area contributed by atoms with Crippen LogP contribution >= 0.6 is 0 Å². The monoisotopic (exact) mass is 616 g/mol. The number of hydrogen-bond acceptors (Lipinski definition) is 4. The highest BCUT2D eigenvalue weighted by Crippen LogP contribution is 2.54. The highest BCUT2D eigenvalue weighted by molar-refractivity contribution is 5.86. The van der Waals surface area contributed by atoms with Gasteiger partial charge in [-0.1, -0.05) is 48.6 Å². The second-order valence-electron chi connectivity index (χ2n) is 14.9. The number of hydrogen-bond donors (Lipinski definition) is 2. The second-order valence-corrected chi connectivity index (χ2v) is 14.9. The third kappa shape index (κ3) is 4.03. The predicted octanol–water partition coefficient (Wildman–Crippen LogP) is 8.05. The minimum Gasteiger partial charge on any atom is -0.360 e. The predicted molar refractivity (Wildman–Crippen MR) is 184 cm³/mol. The zero-order valence-corrected chi connectivity index (χ0v) is 27.4. The Kier molecular flexibility index (Phi) is 6.74. The number of H-pyrrole nitrogens is 2. The Labute approximate surface area is 272 Å². The van der Waals surface area contributed by atoms with E-state index in [4.69, 9.17) is 9.47 Å². The molecule has 4 fully saturated rings. The summed E-state index contributed by atoms with van der Waals surface area (Å²) in [5.74, 6) is 2.18. The minimum absolute atomic E-state index is 0.128.